The zero-order valence-electron chi connectivity index (χ0n) is 17.1. The molecule has 0 unspecified atom stereocenters. The molecule has 3 aromatic rings. The lowest BCUT2D eigenvalue weighted by Crippen LogP contribution is -2.43. The number of carboxylic acid groups (broad SMARTS) is 1. The van der Waals surface area contributed by atoms with Crippen LogP contribution in [-0.2, 0) is 11.3 Å². The van der Waals surface area contributed by atoms with Gasteiger partial charge in [-0.3, -0.25) is 0 Å². The summed E-state index contributed by atoms with van der Waals surface area (Å²) in [4.78, 5) is 15.0. The van der Waals surface area contributed by atoms with E-state index in [1.807, 2.05) is 17.5 Å². The SMILES string of the molecule is N[C@H]1CCCC(F)(F)[C@H]1c1sc2c(NCc3cccs3)cc(Cl)nc2c1Br.O=C(O)C(F)(F)F. The second-order valence-corrected chi connectivity index (χ2v) is 10.7. The number of pyridine rings is 1. The van der Waals surface area contributed by atoms with Gasteiger partial charge in [0.05, 0.1) is 26.3 Å². The summed E-state index contributed by atoms with van der Waals surface area (Å²) in [5.74, 6) is -6.59. The molecule has 0 radical (unpaired) electrons. The molecule has 1 aliphatic rings. The number of fused-ring (bicyclic) bond motifs is 1. The fourth-order valence-electron chi connectivity index (χ4n) is 3.55. The Bertz CT molecular complexity index is 1160. The van der Waals surface area contributed by atoms with Crippen molar-refractivity contribution >= 4 is 72.1 Å². The predicted molar refractivity (Wildman–Crippen MR) is 127 cm³/mol. The molecule has 0 spiro atoms. The molecule has 5 nitrogen and oxygen atoms in total. The molecule has 1 saturated carbocycles. The number of hydrogen-bond donors (Lipinski definition) is 3. The van der Waals surface area contributed by atoms with E-state index in [9.17, 15) is 22.0 Å². The Hall–Kier alpha value is -1.54. The zero-order valence-corrected chi connectivity index (χ0v) is 21.1. The first kappa shape index (κ1) is 27.1. The van der Waals surface area contributed by atoms with Crippen molar-refractivity contribution in [3.8, 4) is 0 Å². The number of rotatable bonds is 4. The highest BCUT2D eigenvalue weighted by atomic mass is 79.9. The number of nitrogens with zero attached hydrogens (tertiary/aromatic N) is 1. The van der Waals surface area contributed by atoms with E-state index in [1.165, 1.54) is 16.2 Å². The Labute approximate surface area is 212 Å². The number of nitrogens with two attached hydrogens (primary N) is 1. The second kappa shape index (κ2) is 10.6. The van der Waals surface area contributed by atoms with Crippen LogP contribution in [0.15, 0.2) is 28.1 Å². The topological polar surface area (TPSA) is 88.2 Å². The Balaban J connectivity index is 0.000000406. The third-order valence-electron chi connectivity index (χ3n) is 5.07. The molecule has 2 atom stereocenters. The van der Waals surface area contributed by atoms with E-state index in [0.29, 0.717) is 39.4 Å². The van der Waals surface area contributed by atoms with Gasteiger partial charge in [0, 0.05) is 34.8 Å². The summed E-state index contributed by atoms with van der Waals surface area (Å²) in [6.45, 7) is 0.636. The van der Waals surface area contributed by atoms with Crippen LogP contribution in [0.25, 0.3) is 10.2 Å². The van der Waals surface area contributed by atoms with Crippen molar-refractivity contribution in [2.75, 3.05) is 5.32 Å². The fraction of sp³-hybridized carbons (Fsp3) is 0.400. The summed E-state index contributed by atoms with van der Waals surface area (Å²) in [5.41, 5.74) is 7.51. The molecule has 186 valence electrons. The highest BCUT2D eigenvalue weighted by molar-refractivity contribution is 9.10. The largest absolute Gasteiger partial charge is 0.490 e. The first-order valence-electron chi connectivity index (χ1n) is 9.79. The summed E-state index contributed by atoms with van der Waals surface area (Å²) in [7, 11) is 0. The summed E-state index contributed by atoms with van der Waals surface area (Å²) in [6.07, 6.45) is -4.17. The molecule has 3 heterocycles. The number of nitrogens with one attached hydrogen (secondary N) is 1. The second-order valence-electron chi connectivity index (χ2n) is 7.48. The first-order valence-corrected chi connectivity index (χ1v) is 12.7. The molecule has 1 fully saturated rings. The maximum Gasteiger partial charge on any atom is 0.490 e. The molecular formula is C20H18BrClF5N3O2S2. The van der Waals surface area contributed by atoms with Gasteiger partial charge in [0.15, 0.2) is 0 Å². The smallest absolute Gasteiger partial charge is 0.475 e. The molecule has 14 heteroatoms. The van der Waals surface area contributed by atoms with E-state index < -0.39 is 30.0 Å². The monoisotopic (exact) mass is 605 g/mol. The number of carboxylic acids is 1. The third-order valence-corrected chi connectivity index (χ3v) is 8.50. The average molecular weight is 607 g/mol. The van der Waals surface area contributed by atoms with E-state index in [1.54, 1.807) is 17.4 Å². The number of aromatic nitrogens is 1. The Morgan fingerprint density at radius 2 is 2.09 bits per heavy atom. The van der Waals surface area contributed by atoms with Gasteiger partial charge in [-0.1, -0.05) is 17.7 Å². The highest BCUT2D eigenvalue weighted by Crippen LogP contribution is 2.51. The number of hydrogen-bond acceptors (Lipinski definition) is 6. The van der Waals surface area contributed by atoms with Crippen molar-refractivity contribution in [1.82, 2.24) is 4.98 Å². The number of alkyl halides is 5. The Morgan fingerprint density at radius 1 is 1.41 bits per heavy atom. The van der Waals surface area contributed by atoms with Gasteiger partial charge in [0.1, 0.15) is 5.15 Å². The fourth-order valence-corrected chi connectivity index (χ4v) is 6.66. The van der Waals surface area contributed by atoms with Crippen LogP contribution in [-0.4, -0.2) is 34.2 Å². The van der Waals surface area contributed by atoms with Crippen molar-refractivity contribution in [3.05, 3.63) is 43.0 Å². The predicted octanol–water partition coefficient (Wildman–Crippen LogP) is 7.25. The van der Waals surface area contributed by atoms with Gasteiger partial charge in [-0.2, -0.15) is 13.2 Å². The number of anilines is 1. The zero-order chi connectivity index (χ0) is 25.3. The van der Waals surface area contributed by atoms with Crippen LogP contribution in [0.2, 0.25) is 5.15 Å². The minimum Gasteiger partial charge on any atom is -0.475 e. The van der Waals surface area contributed by atoms with Crippen molar-refractivity contribution in [3.63, 3.8) is 0 Å². The lowest BCUT2D eigenvalue weighted by Gasteiger charge is -2.35. The van der Waals surface area contributed by atoms with Crippen molar-refractivity contribution < 1.29 is 31.9 Å². The molecule has 4 rings (SSSR count). The number of thiophene rings is 2. The van der Waals surface area contributed by atoms with Gasteiger partial charge < -0.3 is 16.2 Å². The highest BCUT2D eigenvalue weighted by Gasteiger charge is 2.48. The van der Waals surface area contributed by atoms with Crippen LogP contribution in [0.1, 0.15) is 34.9 Å². The standard InChI is InChI=1S/C18H17BrClF2N3S2.C2HF3O2/c19-14-15-16(27-17(14)13-10(23)4-1-5-18(13,21)22)11(7-12(20)25-15)24-8-9-3-2-6-26-9;3-2(4,5)1(6)7/h2-3,6-7,10,13H,1,4-5,8,23H2,(H,24,25);(H,6,7)/t10-,13+;/m0./s1. The van der Waals surface area contributed by atoms with E-state index in [4.69, 9.17) is 27.2 Å². The third kappa shape index (κ3) is 6.17. The maximum absolute atomic E-state index is 14.7. The molecule has 3 aromatic heterocycles. The summed E-state index contributed by atoms with van der Waals surface area (Å²) < 4.78 is 62.5. The lowest BCUT2D eigenvalue weighted by molar-refractivity contribution is -0.192. The molecule has 0 amide bonds. The van der Waals surface area contributed by atoms with E-state index in [0.717, 1.165) is 10.4 Å². The van der Waals surface area contributed by atoms with Crippen molar-refractivity contribution in [1.29, 1.82) is 0 Å². The van der Waals surface area contributed by atoms with Crippen LogP contribution >= 0.6 is 50.2 Å². The van der Waals surface area contributed by atoms with Gasteiger partial charge in [-0.25, -0.2) is 18.6 Å². The van der Waals surface area contributed by atoms with Crippen molar-refractivity contribution in [2.45, 2.75) is 49.9 Å². The summed E-state index contributed by atoms with van der Waals surface area (Å²) in [5, 5.41) is 12.8. The first-order chi connectivity index (χ1) is 15.8. The molecule has 34 heavy (non-hydrogen) atoms. The Kier molecular flexibility index (Phi) is 8.44. The van der Waals surface area contributed by atoms with E-state index >= 15 is 0 Å². The molecule has 0 aromatic carbocycles. The van der Waals surface area contributed by atoms with Gasteiger partial charge in [-0.05, 0) is 40.2 Å². The lowest BCUT2D eigenvalue weighted by atomic mass is 9.81. The molecule has 0 bridgehead atoms. The molecular weight excluding hydrogens is 589 g/mol. The van der Waals surface area contributed by atoms with Crippen molar-refractivity contribution in [2.24, 2.45) is 5.73 Å². The molecule has 0 saturated heterocycles. The Morgan fingerprint density at radius 3 is 2.65 bits per heavy atom. The maximum atomic E-state index is 14.7. The van der Waals surface area contributed by atoms with Crippen LogP contribution in [0, 0.1) is 0 Å². The number of carbonyl (C=O) groups is 1. The van der Waals surface area contributed by atoms with Crippen LogP contribution in [0.4, 0.5) is 27.6 Å². The summed E-state index contributed by atoms with van der Waals surface area (Å²) >= 11 is 12.7. The van der Waals surface area contributed by atoms with Crippen LogP contribution in [0.5, 0.6) is 0 Å². The summed E-state index contributed by atoms with van der Waals surface area (Å²) in [6, 6.07) is 5.19. The van der Waals surface area contributed by atoms with Crippen LogP contribution < -0.4 is 11.1 Å². The molecule has 1 aliphatic carbocycles. The van der Waals surface area contributed by atoms with E-state index in [2.05, 4.69) is 26.2 Å². The molecule has 4 N–H and O–H groups in total. The number of aliphatic carboxylic acids is 1. The average Bonchev–Trinajstić information content (AvgIpc) is 3.34. The van der Waals surface area contributed by atoms with Gasteiger partial charge in [-0.15, -0.1) is 22.7 Å². The van der Waals surface area contributed by atoms with Gasteiger partial charge >= 0.3 is 12.1 Å². The quantitative estimate of drug-likeness (QED) is 0.215. The van der Waals surface area contributed by atoms with Crippen LogP contribution in [0.3, 0.4) is 0 Å². The van der Waals surface area contributed by atoms with Gasteiger partial charge in [0.2, 0.25) is 0 Å². The normalized spacial score (nSPS) is 20.0. The minimum absolute atomic E-state index is 0.135. The number of halogens is 7. The molecule has 0 aliphatic heterocycles. The van der Waals surface area contributed by atoms with Gasteiger partial charge in [0.25, 0.3) is 5.92 Å². The minimum atomic E-state index is -5.08. The van der Waals surface area contributed by atoms with E-state index in [-0.39, 0.29) is 6.42 Å².